The lowest BCUT2D eigenvalue weighted by molar-refractivity contribution is 0.264. The topological polar surface area (TPSA) is 438 Å². The molecule has 0 bridgehead atoms. The van der Waals surface area contributed by atoms with Crippen molar-refractivity contribution in [1.82, 2.24) is 102 Å². The Labute approximate surface area is 268 Å². The molecule has 28 heteroatoms. The number of anilines is 2. The fourth-order valence-electron chi connectivity index (χ4n) is 2.64. The molecule has 6 aromatic heterocycles. The van der Waals surface area contributed by atoms with Crippen LogP contribution in [0.4, 0.5) is 11.9 Å². The van der Waals surface area contributed by atoms with Crippen molar-refractivity contribution >= 4 is 11.9 Å². The molecule has 6 aromatic rings. The lowest BCUT2D eigenvalue weighted by Gasteiger charge is -1.99. The largest absolute Gasteiger partial charge is 0.446 e. The molecule has 0 aromatic carbocycles. The molecule has 0 aliphatic rings. The van der Waals surface area contributed by atoms with E-state index in [1.165, 1.54) is 0 Å². The predicted octanol–water partition coefficient (Wildman–Crippen LogP) is -5.40. The SMILES string of the molecule is NCCc1nnc(CCN)nn1.NCOc1nnc(OCN)nn1.Nc1nnc(N)nn1.c1c[nH]c(-c2nnc(-c3ncc[nH]3)nn2)n1. The highest BCUT2D eigenvalue weighted by Crippen LogP contribution is 2.08. The van der Waals surface area contributed by atoms with Crippen LogP contribution in [-0.4, -0.2) is 128 Å². The van der Waals surface area contributed by atoms with Crippen molar-refractivity contribution in [1.29, 1.82) is 0 Å². The van der Waals surface area contributed by atoms with Crippen LogP contribution < -0.4 is 43.9 Å². The zero-order chi connectivity index (χ0) is 34.4. The first kappa shape index (κ1) is 35.7. The molecule has 0 aliphatic heterocycles. The molecule has 6 heterocycles. The van der Waals surface area contributed by atoms with Crippen LogP contribution in [0.25, 0.3) is 23.3 Å². The molecule has 0 atom stereocenters. The van der Waals surface area contributed by atoms with Crippen molar-refractivity contribution in [3.8, 4) is 35.3 Å². The van der Waals surface area contributed by atoms with Gasteiger partial charge >= 0.3 is 12.0 Å². The molecule has 0 unspecified atom stereocenters. The molecule has 0 amide bonds. The number of imidazole rings is 2. The number of H-pyrrole nitrogens is 2. The van der Waals surface area contributed by atoms with E-state index in [-0.39, 0.29) is 37.4 Å². The van der Waals surface area contributed by atoms with Crippen molar-refractivity contribution < 1.29 is 9.47 Å². The number of aromatic amines is 2. The minimum absolute atomic E-state index is 0.00173. The Morgan fingerprint density at radius 1 is 0.479 bits per heavy atom. The quantitative estimate of drug-likeness (QED) is 0.0632. The summed E-state index contributed by atoms with van der Waals surface area (Å²) < 4.78 is 9.37. The third-order valence-electron chi connectivity index (χ3n) is 4.57. The van der Waals surface area contributed by atoms with Gasteiger partial charge in [0.05, 0.1) is 0 Å². The average molecular weight is 667 g/mol. The minimum atomic E-state index is -0.0273. The molecule has 14 N–H and O–H groups in total. The molecular formula is C20H30N26O2. The summed E-state index contributed by atoms with van der Waals surface area (Å²) in [5, 5.41) is 58.1. The summed E-state index contributed by atoms with van der Waals surface area (Å²) in [6.45, 7) is 0.972. The fourth-order valence-corrected chi connectivity index (χ4v) is 2.64. The van der Waals surface area contributed by atoms with E-state index in [2.05, 4.69) is 111 Å². The van der Waals surface area contributed by atoms with Gasteiger partial charge in [0.25, 0.3) is 11.9 Å². The molecule has 0 radical (unpaired) electrons. The van der Waals surface area contributed by atoms with Gasteiger partial charge in [0.2, 0.25) is 11.6 Å². The van der Waals surface area contributed by atoms with Gasteiger partial charge in [0.15, 0.2) is 23.3 Å². The lowest BCUT2D eigenvalue weighted by atomic mass is 10.4. The average Bonchev–Trinajstić information content (AvgIpc) is 3.86. The van der Waals surface area contributed by atoms with E-state index in [1.54, 1.807) is 24.8 Å². The first-order valence-electron chi connectivity index (χ1n) is 13.3. The van der Waals surface area contributed by atoms with Crippen molar-refractivity contribution in [2.45, 2.75) is 12.8 Å². The van der Waals surface area contributed by atoms with Crippen molar-refractivity contribution in [3.63, 3.8) is 0 Å². The van der Waals surface area contributed by atoms with Gasteiger partial charge in [-0.15, -0.1) is 61.2 Å². The van der Waals surface area contributed by atoms with E-state index in [0.717, 1.165) is 0 Å². The summed E-state index contributed by atoms with van der Waals surface area (Å²) >= 11 is 0. The number of aromatic nitrogens is 20. The summed E-state index contributed by atoms with van der Waals surface area (Å²) in [6, 6.07) is 0.00347. The molecule has 28 nitrogen and oxygen atoms in total. The number of hydrogen-bond donors (Lipinski definition) is 8. The Hall–Kier alpha value is -6.78. The molecule has 0 saturated heterocycles. The van der Waals surface area contributed by atoms with Gasteiger partial charge in [-0.25, -0.2) is 9.97 Å². The van der Waals surface area contributed by atoms with E-state index in [9.17, 15) is 0 Å². The van der Waals surface area contributed by atoms with Crippen molar-refractivity contribution in [2.75, 3.05) is 38.0 Å². The Kier molecular flexibility index (Phi) is 15.1. The first-order chi connectivity index (χ1) is 23.4. The Morgan fingerprint density at radius 3 is 1.10 bits per heavy atom. The number of nitrogens with one attached hydrogen (secondary N) is 2. The van der Waals surface area contributed by atoms with Gasteiger partial charge in [-0.2, -0.15) is 0 Å². The van der Waals surface area contributed by atoms with Crippen LogP contribution in [0.15, 0.2) is 24.8 Å². The van der Waals surface area contributed by atoms with Crippen LogP contribution in [0.3, 0.4) is 0 Å². The van der Waals surface area contributed by atoms with Crippen LogP contribution >= 0.6 is 0 Å². The highest BCUT2D eigenvalue weighted by molar-refractivity contribution is 5.44. The van der Waals surface area contributed by atoms with Gasteiger partial charge in [-0.05, 0) is 13.1 Å². The number of nitrogens with zero attached hydrogens (tertiary/aromatic N) is 18. The zero-order valence-electron chi connectivity index (χ0n) is 24.9. The molecule has 0 spiro atoms. The Morgan fingerprint density at radius 2 is 0.833 bits per heavy atom. The smallest absolute Gasteiger partial charge is 0.356 e. The summed E-state index contributed by atoms with van der Waals surface area (Å²) in [5.74, 6) is 2.98. The minimum Gasteiger partial charge on any atom is -0.446 e. The third-order valence-corrected chi connectivity index (χ3v) is 4.57. The van der Waals surface area contributed by atoms with E-state index in [4.69, 9.17) is 34.4 Å². The summed E-state index contributed by atoms with van der Waals surface area (Å²) in [4.78, 5) is 13.7. The van der Waals surface area contributed by atoms with Crippen LogP contribution in [0.2, 0.25) is 0 Å². The highest BCUT2D eigenvalue weighted by atomic mass is 16.5. The van der Waals surface area contributed by atoms with Gasteiger partial charge in [-0.1, -0.05) is 20.4 Å². The van der Waals surface area contributed by atoms with E-state index >= 15 is 0 Å². The van der Waals surface area contributed by atoms with Crippen LogP contribution in [0.1, 0.15) is 11.6 Å². The van der Waals surface area contributed by atoms with E-state index < -0.39 is 0 Å². The predicted molar refractivity (Wildman–Crippen MR) is 159 cm³/mol. The van der Waals surface area contributed by atoms with Crippen LogP contribution in [0.5, 0.6) is 12.0 Å². The number of rotatable bonds is 10. The molecular weight excluding hydrogens is 636 g/mol. The first-order valence-corrected chi connectivity index (χ1v) is 13.3. The highest BCUT2D eigenvalue weighted by Gasteiger charge is 2.09. The number of nitrogens with two attached hydrogens (primary N) is 6. The van der Waals surface area contributed by atoms with Crippen LogP contribution in [0, 0.1) is 0 Å². The molecule has 48 heavy (non-hydrogen) atoms. The Balaban J connectivity index is 0.000000179. The monoisotopic (exact) mass is 666 g/mol. The second-order valence-corrected chi connectivity index (χ2v) is 7.94. The number of nitrogen functional groups attached to an aromatic ring is 2. The molecule has 0 fully saturated rings. The number of hydrogen-bond acceptors (Lipinski definition) is 26. The fraction of sp³-hybridized carbons (Fsp3) is 0.300. The Bertz CT molecular complexity index is 1480. The maximum atomic E-state index is 5.30. The van der Waals surface area contributed by atoms with Crippen molar-refractivity contribution in [3.05, 3.63) is 36.4 Å². The number of ether oxygens (including phenoxy) is 2. The summed E-state index contributed by atoms with van der Waals surface area (Å²) in [7, 11) is 0. The van der Waals surface area contributed by atoms with E-state index in [0.29, 0.717) is 60.9 Å². The second kappa shape index (κ2) is 20.3. The maximum absolute atomic E-state index is 5.30. The van der Waals surface area contributed by atoms with Gasteiger partial charge in [0.1, 0.15) is 13.5 Å². The lowest BCUT2D eigenvalue weighted by Crippen LogP contribution is -2.13. The maximum Gasteiger partial charge on any atom is 0.356 e. The molecule has 0 saturated carbocycles. The zero-order valence-corrected chi connectivity index (χ0v) is 24.9. The normalized spacial score (nSPS) is 9.92. The van der Waals surface area contributed by atoms with Crippen LogP contribution in [-0.2, 0) is 12.8 Å². The van der Waals surface area contributed by atoms with Crippen molar-refractivity contribution in [2.24, 2.45) is 22.9 Å². The molecule has 0 aliphatic carbocycles. The standard InChI is InChI=1S/C8H6N8.C6H12N6.C4H8N6O2.C2H4N6/c1-2-10-5(9-1)7-13-15-8(16-14-7)6-11-3-4-12-6;7-3-1-5-9-11-6(2-4-8)12-10-5;5-1-11-3-7-9-4(10-8-3)12-2-6;3-1-5-7-2(4)8-6-1/h1-4H,(H,9,10)(H,11,12);1-4,7-8H2;1-2,5-6H2;(H2,3,5,6)(H2,4,7,8). The van der Waals surface area contributed by atoms with Gasteiger partial charge in [-0.3, -0.25) is 11.5 Å². The third kappa shape index (κ3) is 12.7. The van der Waals surface area contributed by atoms with Gasteiger partial charge < -0.3 is 42.4 Å². The van der Waals surface area contributed by atoms with E-state index in [1.807, 2.05) is 0 Å². The van der Waals surface area contributed by atoms with Gasteiger partial charge in [0, 0.05) is 37.6 Å². The summed E-state index contributed by atoms with van der Waals surface area (Å²) in [5.41, 5.74) is 30.7. The molecule has 252 valence electrons. The second-order valence-electron chi connectivity index (χ2n) is 7.94. The molecule has 6 rings (SSSR count). The summed E-state index contributed by atoms with van der Waals surface area (Å²) in [6.07, 6.45) is 7.81.